The average Bonchev–Trinajstić information content (AvgIpc) is 2.51. The number of carboxylic acids is 2. The fourth-order valence-corrected chi connectivity index (χ4v) is 2.57. The van der Waals surface area contributed by atoms with E-state index in [1.807, 2.05) is 10.6 Å². The zero-order chi connectivity index (χ0) is 18.6. The molecular weight excluding hydrogens is 410 g/mol. The SMILES string of the molecule is O=C(O)CNC(=O)c1c(Cl)c(Cl)c(Cl)c(Cl)c1C(=O)NCC(=O)O. The van der Waals surface area contributed by atoms with Gasteiger partial charge in [-0.2, -0.15) is 0 Å². The molecule has 0 atom stereocenters. The molecule has 0 unspecified atom stereocenters. The molecule has 8 nitrogen and oxygen atoms in total. The monoisotopic (exact) mass is 416 g/mol. The molecule has 0 aromatic heterocycles. The van der Waals surface area contributed by atoms with Gasteiger partial charge >= 0.3 is 11.9 Å². The zero-order valence-electron chi connectivity index (χ0n) is 11.5. The molecule has 0 spiro atoms. The van der Waals surface area contributed by atoms with E-state index in [1.54, 1.807) is 0 Å². The molecule has 2 amide bonds. The van der Waals surface area contributed by atoms with Crippen LogP contribution >= 0.6 is 46.4 Å². The van der Waals surface area contributed by atoms with E-state index >= 15 is 0 Å². The van der Waals surface area contributed by atoms with Gasteiger partial charge in [0.15, 0.2) is 0 Å². The van der Waals surface area contributed by atoms with E-state index in [4.69, 9.17) is 56.6 Å². The number of amides is 2. The van der Waals surface area contributed by atoms with Crippen molar-refractivity contribution in [2.75, 3.05) is 13.1 Å². The number of nitrogens with one attached hydrogen (secondary N) is 2. The number of carboxylic acid groups (broad SMARTS) is 2. The second kappa shape index (κ2) is 8.39. The molecule has 4 N–H and O–H groups in total. The smallest absolute Gasteiger partial charge is 0.322 e. The predicted octanol–water partition coefficient (Wildman–Crippen LogP) is 1.93. The van der Waals surface area contributed by atoms with Gasteiger partial charge in [0.2, 0.25) is 0 Å². The lowest BCUT2D eigenvalue weighted by atomic mass is 10.1. The summed E-state index contributed by atoms with van der Waals surface area (Å²) in [5.74, 6) is -4.79. The van der Waals surface area contributed by atoms with Gasteiger partial charge in [-0.1, -0.05) is 46.4 Å². The third-order valence-electron chi connectivity index (χ3n) is 2.52. The van der Waals surface area contributed by atoms with Crippen LogP contribution in [0, 0.1) is 0 Å². The molecule has 1 aromatic rings. The lowest BCUT2D eigenvalue weighted by molar-refractivity contribution is -0.136. The van der Waals surface area contributed by atoms with Gasteiger partial charge in [-0.05, 0) is 0 Å². The van der Waals surface area contributed by atoms with Crippen LogP contribution in [-0.4, -0.2) is 47.1 Å². The summed E-state index contributed by atoms with van der Waals surface area (Å²) in [6, 6.07) is 0. The van der Waals surface area contributed by atoms with E-state index in [0.29, 0.717) is 0 Å². The average molecular weight is 418 g/mol. The lowest BCUT2D eigenvalue weighted by Gasteiger charge is -2.15. The standard InChI is InChI=1S/C12H8Cl4N2O6/c13-7-5(11(23)17-1-3(19)20)6(8(14)10(16)9(7)15)12(24)18-2-4(21)22/h1-2H2,(H,17,23)(H,18,24)(H,19,20)(H,21,22). The molecule has 0 bridgehead atoms. The molecule has 0 saturated heterocycles. The molecule has 0 aliphatic carbocycles. The second-order valence-electron chi connectivity index (χ2n) is 4.16. The van der Waals surface area contributed by atoms with Crippen molar-refractivity contribution >= 4 is 70.2 Å². The Morgan fingerprint density at radius 1 is 0.667 bits per heavy atom. The highest BCUT2D eigenvalue weighted by atomic mass is 35.5. The van der Waals surface area contributed by atoms with Crippen LogP contribution in [0.15, 0.2) is 0 Å². The molecule has 24 heavy (non-hydrogen) atoms. The van der Waals surface area contributed by atoms with Crippen LogP contribution < -0.4 is 10.6 Å². The summed E-state index contributed by atoms with van der Waals surface area (Å²) in [5.41, 5.74) is -1.06. The first-order valence-corrected chi connectivity index (χ1v) is 7.45. The van der Waals surface area contributed by atoms with Gasteiger partial charge in [-0.15, -0.1) is 0 Å². The van der Waals surface area contributed by atoms with Crippen molar-refractivity contribution in [2.45, 2.75) is 0 Å². The summed E-state index contributed by atoms with van der Waals surface area (Å²) in [6.45, 7) is -1.52. The topological polar surface area (TPSA) is 133 Å². The molecule has 0 aliphatic heterocycles. The molecule has 1 rings (SSSR count). The van der Waals surface area contributed by atoms with Gasteiger partial charge in [0.05, 0.1) is 31.2 Å². The van der Waals surface area contributed by atoms with E-state index in [-0.39, 0.29) is 10.0 Å². The van der Waals surface area contributed by atoms with Crippen LogP contribution in [0.1, 0.15) is 20.7 Å². The van der Waals surface area contributed by atoms with Gasteiger partial charge < -0.3 is 20.8 Å². The zero-order valence-corrected chi connectivity index (χ0v) is 14.5. The highest BCUT2D eigenvalue weighted by Gasteiger charge is 2.29. The number of benzene rings is 1. The van der Waals surface area contributed by atoms with E-state index in [2.05, 4.69) is 0 Å². The van der Waals surface area contributed by atoms with E-state index in [1.165, 1.54) is 0 Å². The Balaban J connectivity index is 3.43. The van der Waals surface area contributed by atoms with Crippen LogP contribution in [0.5, 0.6) is 0 Å². The number of hydrogen-bond donors (Lipinski definition) is 4. The molecule has 0 saturated carbocycles. The Bertz CT molecular complexity index is 676. The minimum Gasteiger partial charge on any atom is -0.480 e. The van der Waals surface area contributed by atoms with Crippen molar-refractivity contribution in [1.29, 1.82) is 0 Å². The van der Waals surface area contributed by atoms with Gasteiger partial charge in [0.1, 0.15) is 13.1 Å². The van der Waals surface area contributed by atoms with Crippen molar-refractivity contribution < 1.29 is 29.4 Å². The Morgan fingerprint density at radius 3 is 1.21 bits per heavy atom. The number of carbonyl (C=O) groups is 4. The van der Waals surface area contributed by atoms with Crippen LogP contribution in [0.25, 0.3) is 0 Å². The van der Waals surface area contributed by atoms with Crippen molar-refractivity contribution in [1.82, 2.24) is 10.6 Å². The van der Waals surface area contributed by atoms with E-state index in [0.717, 1.165) is 0 Å². The predicted molar refractivity (Wildman–Crippen MR) is 86.4 cm³/mol. The maximum Gasteiger partial charge on any atom is 0.322 e. The summed E-state index contributed by atoms with van der Waals surface area (Å²) in [7, 11) is 0. The van der Waals surface area contributed by atoms with Crippen molar-refractivity contribution in [3.05, 3.63) is 31.2 Å². The summed E-state index contributed by atoms with van der Waals surface area (Å²) < 4.78 is 0. The fraction of sp³-hybridized carbons (Fsp3) is 0.167. The summed E-state index contributed by atoms with van der Waals surface area (Å²) in [5, 5.41) is 19.7. The molecule has 1 aromatic carbocycles. The fourth-order valence-electron chi connectivity index (χ4n) is 1.55. The summed E-state index contributed by atoms with van der Waals surface area (Å²) in [6.07, 6.45) is 0. The third-order valence-corrected chi connectivity index (χ3v) is 4.32. The van der Waals surface area contributed by atoms with Crippen LogP contribution in [0.2, 0.25) is 20.1 Å². The molecule has 0 fully saturated rings. The Kier molecular flexibility index (Phi) is 7.09. The molecule has 130 valence electrons. The first-order valence-electron chi connectivity index (χ1n) is 5.93. The van der Waals surface area contributed by atoms with Gasteiger partial charge in [-0.25, -0.2) is 0 Å². The van der Waals surface area contributed by atoms with Crippen molar-refractivity contribution in [2.24, 2.45) is 0 Å². The number of rotatable bonds is 6. The van der Waals surface area contributed by atoms with Crippen molar-refractivity contribution in [3.63, 3.8) is 0 Å². The van der Waals surface area contributed by atoms with Gasteiger partial charge in [0, 0.05) is 0 Å². The van der Waals surface area contributed by atoms with Crippen LogP contribution in [-0.2, 0) is 9.59 Å². The minimum absolute atomic E-state index is 0.321. The maximum atomic E-state index is 12.1. The molecular formula is C12H8Cl4N2O6. The number of aliphatic carboxylic acids is 2. The lowest BCUT2D eigenvalue weighted by Crippen LogP contribution is -2.34. The largest absolute Gasteiger partial charge is 0.480 e. The highest BCUT2D eigenvalue weighted by Crippen LogP contribution is 2.41. The molecule has 0 aliphatic rings. The van der Waals surface area contributed by atoms with Crippen LogP contribution in [0.4, 0.5) is 0 Å². The summed E-state index contributed by atoms with van der Waals surface area (Å²) in [4.78, 5) is 45.3. The maximum absolute atomic E-state index is 12.1. The van der Waals surface area contributed by atoms with Crippen LogP contribution in [0.3, 0.4) is 0 Å². The van der Waals surface area contributed by atoms with Gasteiger partial charge in [0.25, 0.3) is 11.8 Å². The number of hydrogen-bond acceptors (Lipinski definition) is 4. The normalized spacial score (nSPS) is 10.2. The quantitative estimate of drug-likeness (QED) is 0.412. The first kappa shape index (κ1) is 20.3. The summed E-state index contributed by atoms with van der Waals surface area (Å²) >= 11 is 23.5. The molecule has 0 radical (unpaired) electrons. The molecule has 12 heteroatoms. The number of carbonyl (C=O) groups excluding carboxylic acids is 2. The highest BCUT2D eigenvalue weighted by molar-refractivity contribution is 6.54. The van der Waals surface area contributed by atoms with E-state index in [9.17, 15) is 19.2 Å². The number of halogens is 4. The van der Waals surface area contributed by atoms with Gasteiger partial charge in [-0.3, -0.25) is 19.2 Å². The Hall–Kier alpha value is -1.74. The molecule has 0 heterocycles. The van der Waals surface area contributed by atoms with E-state index < -0.39 is 58.0 Å². The third kappa shape index (κ3) is 4.64. The second-order valence-corrected chi connectivity index (χ2v) is 5.67. The minimum atomic E-state index is -1.34. The Morgan fingerprint density at radius 2 is 0.958 bits per heavy atom. The van der Waals surface area contributed by atoms with Crippen molar-refractivity contribution in [3.8, 4) is 0 Å². The first-order chi connectivity index (χ1) is 11.1. The Labute approximate surface area is 154 Å².